The molecule has 1 amide bonds. The lowest BCUT2D eigenvalue weighted by Crippen LogP contribution is -2.37. The zero-order valence-corrected chi connectivity index (χ0v) is 15.7. The molecule has 0 aromatic heterocycles. The molecule has 2 aromatic rings. The number of fused-ring (bicyclic) bond motifs is 1. The number of nitrogens with zero attached hydrogens (tertiary/aromatic N) is 2. The molecular weight excluding hydrogens is 338 g/mol. The van der Waals surface area contributed by atoms with E-state index >= 15 is 0 Å². The van der Waals surface area contributed by atoms with Crippen LogP contribution >= 0.6 is 0 Å². The van der Waals surface area contributed by atoms with Gasteiger partial charge in [0, 0.05) is 38.3 Å². The molecule has 27 heavy (non-hydrogen) atoms. The standard InChI is InChI=1S/C22H27N3O2/c26-22(11-13-24-12-5-7-18-6-1-3-9-20(18)24)23-19-8-2-4-10-21(19)25-14-16-27-17-15-25/h1-4,6,8-10H,5,7,11-17H2,(H,23,26). The third kappa shape index (κ3) is 4.25. The number of benzene rings is 2. The first-order chi connectivity index (χ1) is 13.3. The van der Waals surface area contributed by atoms with Gasteiger partial charge in [-0.1, -0.05) is 30.3 Å². The fourth-order valence-corrected chi connectivity index (χ4v) is 3.95. The molecule has 0 saturated carbocycles. The van der Waals surface area contributed by atoms with Gasteiger partial charge in [0.2, 0.25) is 5.91 Å². The molecule has 5 nitrogen and oxygen atoms in total. The van der Waals surface area contributed by atoms with Crippen LogP contribution < -0.4 is 15.1 Å². The zero-order chi connectivity index (χ0) is 18.5. The minimum Gasteiger partial charge on any atom is -0.378 e. The maximum Gasteiger partial charge on any atom is 0.226 e. The van der Waals surface area contributed by atoms with Crippen LogP contribution in [0.4, 0.5) is 17.1 Å². The molecule has 2 aliphatic heterocycles. The van der Waals surface area contributed by atoms with E-state index in [1.54, 1.807) is 0 Å². The van der Waals surface area contributed by atoms with Gasteiger partial charge in [0.1, 0.15) is 0 Å². The van der Waals surface area contributed by atoms with E-state index in [1.807, 2.05) is 18.2 Å². The second-order valence-corrected chi connectivity index (χ2v) is 7.13. The fraction of sp³-hybridized carbons (Fsp3) is 0.409. The molecule has 1 fully saturated rings. The smallest absolute Gasteiger partial charge is 0.226 e. The predicted octanol–water partition coefficient (Wildman–Crippen LogP) is 3.30. The Labute approximate surface area is 160 Å². The molecule has 4 rings (SSSR count). The Hall–Kier alpha value is -2.53. The predicted molar refractivity (Wildman–Crippen MR) is 110 cm³/mol. The number of aryl methyl sites for hydroxylation is 1. The first-order valence-corrected chi connectivity index (χ1v) is 9.86. The number of ether oxygens (including phenoxy) is 1. The molecule has 0 spiro atoms. The van der Waals surface area contributed by atoms with Crippen molar-refractivity contribution in [3.63, 3.8) is 0 Å². The lowest BCUT2D eigenvalue weighted by molar-refractivity contribution is -0.116. The molecule has 0 atom stereocenters. The van der Waals surface area contributed by atoms with Gasteiger partial charge in [-0.15, -0.1) is 0 Å². The molecule has 142 valence electrons. The van der Waals surface area contributed by atoms with Crippen LogP contribution in [-0.2, 0) is 16.0 Å². The number of hydrogen-bond acceptors (Lipinski definition) is 4. The molecule has 5 heteroatoms. The second-order valence-electron chi connectivity index (χ2n) is 7.13. The first kappa shape index (κ1) is 17.9. The average Bonchev–Trinajstić information content (AvgIpc) is 2.73. The van der Waals surface area contributed by atoms with Gasteiger partial charge < -0.3 is 19.9 Å². The number of carbonyl (C=O) groups is 1. The number of rotatable bonds is 5. The van der Waals surface area contributed by atoms with Crippen LogP contribution in [0.1, 0.15) is 18.4 Å². The van der Waals surface area contributed by atoms with Gasteiger partial charge >= 0.3 is 0 Å². The van der Waals surface area contributed by atoms with Crippen LogP contribution in [0.25, 0.3) is 0 Å². The highest BCUT2D eigenvalue weighted by atomic mass is 16.5. The van der Waals surface area contributed by atoms with Gasteiger partial charge in [-0.2, -0.15) is 0 Å². The lowest BCUT2D eigenvalue weighted by atomic mass is 10.0. The highest BCUT2D eigenvalue weighted by Gasteiger charge is 2.18. The number of hydrogen-bond donors (Lipinski definition) is 1. The minimum absolute atomic E-state index is 0.0683. The van der Waals surface area contributed by atoms with Crippen molar-refractivity contribution in [1.29, 1.82) is 0 Å². The van der Waals surface area contributed by atoms with Gasteiger partial charge in [0.15, 0.2) is 0 Å². The van der Waals surface area contributed by atoms with Crippen molar-refractivity contribution >= 4 is 23.0 Å². The van der Waals surface area contributed by atoms with Crippen LogP contribution in [0.15, 0.2) is 48.5 Å². The van der Waals surface area contributed by atoms with E-state index in [4.69, 9.17) is 4.74 Å². The van der Waals surface area contributed by atoms with Crippen molar-refractivity contribution in [1.82, 2.24) is 0 Å². The van der Waals surface area contributed by atoms with E-state index in [0.717, 1.165) is 63.6 Å². The van der Waals surface area contributed by atoms with Gasteiger partial charge in [-0.05, 0) is 36.6 Å². The van der Waals surface area contributed by atoms with E-state index in [0.29, 0.717) is 6.42 Å². The summed E-state index contributed by atoms with van der Waals surface area (Å²) in [5.41, 5.74) is 4.65. The zero-order valence-electron chi connectivity index (χ0n) is 15.7. The van der Waals surface area contributed by atoms with Crippen molar-refractivity contribution in [2.24, 2.45) is 0 Å². The molecule has 0 radical (unpaired) electrons. The van der Waals surface area contributed by atoms with Gasteiger partial charge in [-0.25, -0.2) is 0 Å². The Kier molecular flexibility index (Phi) is 5.58. The van der Waals surface area contributed by atoms with Crippen molar-refractivity contribution in [2.45, 2.75) is 19.3 Å². The van der Waals surface area contributed by atoms with Crippen LogP contribution in [0, 0.1) is 0 Å². The van der Waals surface area contributed by atoms with E-state index in [-0.39, 0.29) is 5.91 Å². The van der Waals surface area contributed by atoms with Crippen molar-refractivity contribution in [3.8, 4) is 0 Å². The lowest BCUT2D eigenvalue weighted by Gasteiger charge is -2.31. The van der Waals surface area contributed by atoms with Gasteiger partial charge in [0.05, 0.1) is 24.6 Å². The van der Waals surface area contributed by atoms with E-state index in [9.17, 15) is 4.79 Å². The third-order valence-electron chi connectivity index (χ3n) is 5.35. The van der Waals surface area contributed by atoms with E-state index < -0.39 is 0 Å². The first-order valence-electron chi connectivity index (χ1n) is 9.86. The summed E-state index contributed by atoms with van der Waals surface area (Å²) in [5.74, 6) is 0.0683. The molecule has 1 N–H and O–H groups in total. The molecule has 2 aromatic carbocycles. The Balaban J connectivity index is 1.38. The molecule has 2 aliphatic rings. The summed E-state index contributed by atoms with van der Waals surface area (Å²) in [7, 11) is 0. The van der Waals surface area contributed by atoms with Crippen molar-refractivity contribution in [3.05, 3.63) is 54.1 Å². The number of carbonyl (C=O) groups excluding carboxylic acids is 1. The van der Waals surface area contributed by atoms with Crippen molar-refractivity contribution in [2.75, 3.05) is 54.5 Å². The molecule has 0 unspecified atom stereocenters. The molecule has 1 saturated heterocycles. The number of para-hydroxylation sites is 3. The van der Waals surface area contributed by atoms with Crippen LogP contribution in [0.2, 0.25) is 0 Å². The normalized spacial score (nSPS) is 16.7. The minimum atomic E-state index is 0.0683. The average molecular weight is 365 g/mol. The van der Waals surface area contributed by atoms with Gasteiger partial charge in [-0.3, -0.25) is 4.79 Å². The SMILES string of the molecule is O=C(CCN1CCCc2ccccc21)Nc1ccccc1N1CCOCC1. The van der Waals surface area contributed by atoms with E-state index in [1.165, 1.54) is 11.3 Å². The molecule has 0 bridgehead atoms. The second kappa shape index (κ2) is 8.44. The summed E-state index contributed by atoms with van der Waals surface area (Å²) >= 11 is 0. The quantitative estimate of drug-likeness (QED) is 0.883. The fourth-order valence-electron chi connectivity index (χ4n) is 3.95. The Morgan fingerprint density at radius 3 is 2.56 bits per heavy atom. The number of morpholine rings is 1. The largest absolute Gasteiger partial charge is 0.378 e. The molecule has 2 heterocycles. The number of nitrogens with one attached hydrogen (secondary N) is 1. The summed E-state index contributed by atoms with van der Waals surface area (Å²) in [6, 6.07) is 16.6. The molecular formula is C22H27N3O2. The van der Waals surface area contributed by atoms with Crippen LogP contribution in [0.3, 0.4) is 0 Å². The highest BCUT2D eigenvalue weighted by Crippen LogP contribution is 2.28. The summed E-state index contributed by atoms with van der Waals surface area (Å²) in [6.45, 7) is 4.96. The Morgan fingerprint density at radius 2 is 1.70 bits per heavy atom. The maximum atomic E-state index is 12.6. The highest BCUT2D eigenvalue weighted by molar-refractivity contribution is 5.94. The summed E-state index contributed by atoms with van der Waals surface area (Å²) in [6.07, 6.45) is 2.77. The van der Waals surface area contributed by atoms with Crippen molar-refractivity contribution < 1.29 is 9.53 Å². The Bertz CT molecular complexity index is 787. The summed E-state index contributed by atoms with van der Waals surface area (Å²) in [5, 5.41) is 3.12. The van der Waals surface area contributed by atoms with E-state index in [2.05, 4.69) is 45.4 Å². The molecule has 0 aliphatic carbocycles. The summed E-state index contributed by atoms with van der Waals surface area (Å²) in [4.78, 5) is 17.2. The van der Waals surface area contributed by atoms with Gasteiger partial charge in [0.25, 0.3) is 0 Å². The summed E-state index contributed by atoms with van der Waals surface area (Å²) < 4.78 is 5.44. The number of amides is 1. The monoisotopic (exact) mass is 365 g/mol. The third-order valence-corrected chi connectivity index (χ3v) is 5.35. The van der Waals surface area contributed by atoms with Crippen LogP contribution in [-0.4, -0.2) is 45.3 Å². The van der Waals surface area contributed by atoms with Crippen LogP contribution in [0.5, 0.6) is 0 Å². The topological polar surface area (TPSA) is 44.8 Å². The number of anilines is 3. The Morgan fingerprint density at radius 1 is 0.963 bits per heavy atom. The maximum absolute atomic E-state index is 12.6.